The smallest absolute Gasteiger partial charge is 0.123 e. The molecule has 5 heteroatoms. The van der Waals surface area contributed by atoms with E-state index in [0.29, 0.717) is 0 Å². The Bertz CT molecular complexity index is 454. The summed E-state index contributed by atoms with van der Waals surface area (Å²) in [5.74, 6) is 0.0807. The van der Waals surface area contributed by atoms with Gasteiger partial charge < -0.3 is 15.4 Å². The number of anilines is 1. The number of nitrogens with two attached hydrogens (primary N) is 1. The Labute approximate surface area is 116 Å². The first-order valence-corrected chi connectivity index (χ1v) is 6.81. The lowest BCUT2D eigenvalue weighted by Gasteiger charge is -2.37. The van der Waals surface area contributed by atoms with E-state index < -0.39 is 0 Å². The second kappa shape index (κ2) is 5.28. The van der Waals surface area contributed by atoms with E-state index in [9.17, 15) is 0 Å². The molecule has 4 nitrogen and oxygen atoms in total. The number of benzene rings is 1. The van der Waals surface area contributed by atoms with E-state index in [1.165, 1.54) is 0 Å². The highest BCUT2D eigenvalue weighted by Gasteiger charge is 2.22. The van der Waals surface area contributed by atoms with Crippen molar-refractivity contribution in [2.24, 2.45) is 5.73 Å². The molecule has 0 aromatic heterocycles. The number of morpholine rings is 1. The fourth-order valence-electron chi connectivity index (χ4n) is 2.31. The third-order valence-corrected chi connectivity index (χ3v) is 3.68. The van der Waals surface area contributed by atoms with Crippen molar-refractivity contribution in [3.05, 3.63) is 28.2 Å². The summed E-state index contributed by atoms with van der Waals surface area (Å²) in [4.78, 5) is 2.30. The fraction of sp³-hybridized carbons (Fsp3) is 0.462. The van der Waals surface area contributed by atoms with Crippen molar-refractivity contribution in [2.75, 3.05) is 18.0 Å². The molecule has 0 aliphatic carbocycles. The molecule has 0 spiro atoms. The Kier molecular flexibility index (Phi) is 3.92. The third-order valence-electron chi connectivity index (χ3n) is 3.03. The molecule has 3 N–H and O–H groups in total. The summed E-state index contributed by atoms with van der Waals surface area (Å²) in [7, 11) is 0. The predicted octanol–water partition coefficient (Wildman–Crippen LogP) is 2.35. The van der Waals surface area contributed by atoms with Crippen LogP contribution in [0, 0.1) is 5.41 Å². The maximum absolute atomic E-state index is 7.47. The number of hydrogen-bond donors (Lipinski definition) is 2. The van der Waals surface area contributed by atoms with Crippen LogP contribution in [0.3, 0.4) is 0 Å². The monoisotopic (exact) mass is 311 g/mol. The van der Waals surface area contributed by atoms with Crippen molar-refractivity contribution >= 4 is 27.5 Å². The van der Waals surface area contributed by atoms with Gasteiger partial charge in [-0.3, -0.25) is 5.41 Å². The van der Waals surface area contributed by atoms with Gasteiger partial charge in [-0.05, 0) is 48.0 Å². The van der Waals surface area contributed by atoms with Crippen molar-refractivity contribution in [1.29, 1.82) is 5.41 Å². The normalized spacial score (nSPS) is 24.1. The van der Waals surface area contributed by atoms with Crippen LogP contribution in [0.4, 0.5) is 5.69 Å². The molecule has 1 fully saturated rings. The van der Waals surface area contributed by atoms with Gasteiger partial charge in [0.2, 0.25) is 0 Å². The zero-order chi connectivity index (χ0) is 13.3. The van der Waals surface area contributed by atoms with Crippen molar-refractivity contribution in [3.8, 4) is 0 Å². The number of ether oxygens (including phenoxy) is 1. The Hall–Kier alpha value is -1.07. The molecule has 0 radical (unpaired) electrons. The molecule has 1 saturated heterocycles. The number of nitrogen functional groups attached to an aromatic ring is 1. The summed E-state index contributed by atoms with van der Waals surface area (Å²) in [6.07, 6.45) is 0.472. The Balaban J connectivity index is 2.23. The highest BCUT2D eigenvalue weighted by molar-refractivity contribution is 9.10. The maximum Gasteiger partial charge on any atom is 0.123 e. The lowest BCUT2D eigenvalue weighted by atomic mass is 10.1. The van der Waals surface area contributed by atoms with Gasteiger partial charge >= 0.3 is 0 Å². The minimum Gasteiger partial charge on any atom is -0.384 e. The van der Waals surface area contributed by atoms with E-state index in [-0.39, 0.29) is 18.0 Å². The van der Waals surface area contributed by atoms with E-state index in [2.05, 4.69) is 34.7 Å². The van der Waals surface area contributed by atoms with Crippen LogP contribution >= 0.6 is 15.9 Å². The van der Waals surface area contributed by atoms with Crippen molar-refractivity contribution < 1.29 is 4.74 Å². The van der Waals surface area contributed by atoms with Crippen LogP contribution in [0.15, 0.2) is 22.7 Å². The van der Waals surface area contributed by atoms with Crippen LogP contribution in [-0.4, -0.2) is 31.1 Å². The van der Waals surface area contributed by atoms with Crippen LogP contribution in [0.5, 0.6) is 0 Å². The molecule has 1 aliphatic rings. The number of rotatable bonds is 2. The van der Waals surface area contributed by atoms with E-state index >= 15 is 0 Å². The standard InChI is InChI=1S/C13H18BrN3O/c1-8-6-17(7-9(2)18-8)10-3-4-11(13(15)16)12(14)5-10/h3-5,8-9H,6-7H2,1-2H3,(H3,15,16)/t8-,9+. The summed E-state index contributed by atoms with van der Waals surface area (Å²) in [6.45, 7) is 5.94. The molecule has 0 unspecified atom stereocenters. The van der Waals surface area contributed by atoms with Crippen molar-refractivity contribution in [1.82, 2.24) is 0 Å². The predicted molar refractivity (Wildman–Crippen MR) is 77.4 cm³/mol. The SMILES string of the molecule is C[C@@H]1CN(c2ccc(C(=N)N)c(Br)c2)C[C@H](C)O1. The zero-order valence-electron chi connectivity index (χ0n) is 10.6. The minimum absolute atomic E-state index is 0.0807. The van der Waals surface area contributed by atoms with Gasteiger partial charge in [0.05, 0.1) is 12.2 Å². The van der Waals surface area contributed by atoms with Gasteiger partial charge in [-0.15, -0.1) is 0 Å². The number of nitrogens with one attached hydrogen (secondary N) is 1. The average Bonchev–Trinajstić information content (AvgIpc) is 2.26. The quantitative estimate of drug-likeness (QED) is 0.651. The van der Waals surface area contributed by atoms with E-state index in [4.69, 9.17) is 15.9 Å². The molecule has 2 atom stereocenters. The third kappa shape index (κ3) is 2.84. The molecule has 0 saturated carbocycles. The molecule has 0 amide bonds. The van der Waals surface area contributed by atoms with Gasteiger partial charge in [0.15, 0.2) is 0 Å². The van der Waals surface area contributed by atoms with Crippen molar-refractivity contribution in [3.63, 3.8) is 0 Å². The molecule has 1 heterocycles. The van der Waals surface area contributed by atoms with Gasteiger partial charge in [-0.25, -0.2) is 0 Å². The molecule has 1 aromatic carbocycles. The topological polar surface area (TPSA) is 62.3 Å². The van der Waals surface area contributed by atoms with Crippen LogP contribution in [0.2, 0.25) is 0 Å². The molecular weight excluding hydrogens is 294 g/mol. The average molecular weight is 312 g/mol. The Morgan fingerprint density at radius 1 is 1.39 bits per heavy atom. The zero-order valence-corrected chi connectivity index (χ0v) is 12.2. The summed E-state index contributed by atoms with van der Waals surface area (Å²) in [5, 5.41) is 7.47. The highest BCUT2D eigenvalue weighted by Crippen LogP contribution is 2.26. The second-order valence-corrected chi connectivity index (χ2v) is 5.59. The van der Waals surface area contributed by atoms with Gasteiger partial charge in [-0.1, -0.05) is 0 Å². The van der Waals surface area contributed by atoms with Crippen LogP contribution in [0.25, 0.3) is 0 Å². The van der Waals surface area contributed by atoms with Crippen molar-refractivity contribution in [2.45, 2.75) is 26.1 Å². The van der Waals surface area contributed by atoms with Crippen LogP contribution < -0.4 is 10.6 Å². The van der Waals surface area contributed by atoms with Crippen LogP contribution in [-0.2, 0) is 4.74 Å². The first kappa shape index (κ1) is 13.4. The van der Waals surface area contributed by atoms with Gasteiger partial charge in [0.1, 0.15) is 5.84 Å². The van der Waals surface area contributed by atoms with Gasteiger partial charge in [0.25, 0.3) is 0 Å². The molecule has 98 valence electrons. The maximum atomic E-state index is 7.47. The first-order valence-electron chi connectivity index (χ1n) is 6.01. The molecule has 0 bridgehead atoms. The number of nitrogens with zero attached hydrogens (tertiary/aromatic N) is 1. The lowest BCUT2D eigenvalue weighted by molar-refractivity contribution is -0.00521. The fourth-order valence-corrected chi connectivity index (χ4v) is 2.89. The van der Waals surface area contributed by atoms with Gasteiger partial charge in [-0.2, -0.15) is 0 Å². The number of halogens is 1. The Morgan fingerprint density at radius 3 is 2.50 bits per heavy atom. The van der Waals surface area contributed by atoms with Crippen LogP contribution in [0.1, 0.15) is 19.4 Å². The molecule has 2 rings (SSSR count). The first-order chi connectivity index (χ1) is 8.47. The molecule has 1 aromatic rings. The Morgan fingerprint density at radius 2 is 2.00 bits per heavy atom. The minimum atomic E-state index is 0.0807. The highest BCUT2D eigenvalue weighted by atomic mass is 79.9. The summed E-state index contributed by atoms with van der Waals surface area (Å²) in [5.41, 5.74) is 7.37. The van der Waals surface area contributed by atoms with E-state index in [0.717, 1.165) is 28.8 Å². The largest absolute Gasteiger partial charge is 0.384 e. The molecule has 18 heavy (non-hydrogen) atoms. The number of hydrogen-bond acceptors (Lipinski definition) is 3. The lowest BCUT2D eigenvalue weighted by Crippen LogP contribution is -2.45. The van der Waals surface area contributed by atoms with E-state index in [1.54, 1.807) is 0 Å². The molecular formula is C13H18BrN3O. The van der Waals surface area contributed by atoms with Gasteiger partial charge in [0, 0.05) is 28.8 Å². The van der Waals surface area contributed by atoms with E-state index in [1.807, 2.05) is 18.2 Å². The summed E-state index contributed by atoms with van der Waals surface area (Å²) in [6, 6.07) is 5.90. The molecule has 1 aliphatic heterocycles. The number of amidine groups is 1. The summed E-state index contributed by atoms with van der Waals surface area (Å²) >= 11 is 3.47. The summed E-state index contributed by atoms with van der Waals surface area (Å²) < 4.78 is 6.58. The second-order valence-electron chi connectivity index (χ2n) is 4.74.